The summed E-state index contributed by atoms with van der Waals surface area (Å²) >= 11 is 11.8. The monoisotopic (exact) mass is 373 g/mol. The van der Waals surface area contributed by atoms with E-state index in [-0.39, 0.29) is 45.7 Å². The number of amides is 1. The molecule has 0 aliphatic carbocycles. The van der Waals surface area contributed by atoms with E-state index in [4.69, 9.17) is 38.6 Å². The maximum absolute atomic E-state index is 11.4. The van der Waals surface area contributed by atoms with Crippen molar-refractivity contribution < 1.29 is 17.9 Å². The van der Waals surface area contributed by atoms with Gasteiger partial charge >= 0.3 is 0 Å². The van der Waals surface area contributed by atoms with Gasteiger partial charge in [-0.05, 0) is 26.0 Å². The first kappa shape index (κ1) is 18.4. The number of hydrogen-bond acceptors (Lipinski definition) is 4. The van der Waals surface area contributed by atoms with E-state index < -0.39 is 9.05 Å². The number of benzene rings is 1. The van der Waals surface area contributed by atoms with Gasteiger partial charge in [-0.15, -0.1) is 0 Å². The van der Waals surface area contributed by atoms with Gasteiger partial charge in [0.1, 0.15) is 15.7 Å². The third kappa shape index (κ3) is 5.54. The van der Waals surface area contributed by atoms with Crippen LogP contribution in [0.5, 0.6) is 5.75 Å². The van der Waals surface area contributed by atoms with E-state index >= 15 is 0 Å². The molecule has 1 amide bonds. The minimum atomic E-state index is -3.98. The van der Waals surface area contributed by atoms with E-state index in [1.54, 1.807) is 0 Å². The Labute approximate surface area is 137 Å². The van der Waals surface area contributed by atoms with Crippen LogP contribution in [0.4, 0.5) is 0 Å². The standard InChI is InChI=1S/C12H14Cl3NO4S/c1-7(2)16-10(17)5-6-20-8-3-4-9(21(15,18)19)12(14)11(8)13/h3-4,7H,5-6H2,1-2H3,(H,16,17). The van der Waals surface area contributed by atoms with Crippen LogP contribution in [-0.2, 0) is 13.8 Å². The maximum Gasteiger partial charge on any atom is 0.262 e. The van der Waals surface area contributed by atoms with Gasteiger partial charge < -0.3 is 10.1 Å². The van der Waals surface area contributed by atoms with Gasteiger partial charge in [0.2, 0.25) is 5.91 Å². The lowest BCUT2D eigenvalue weighted by Gasteiger charge is -2.11. The lowest BCUT2D eigenvalue weighted by Crippen LogP contribution is -2.31. The molecule has 0 radical (unpaired) electrons. The number of ether oxygens (including phenoxy) is 1. The van der Waals surface area contributed by atoms with Gasteiger partial charge in [-0.1, -0.05) is 23.2 Å². The quantitative estimate of drug-likeness (QED) is 0.776. The summed E-state index contributed by atoms with van der Waals surface area (Å²) in [6.07, 6.45) is 0.141. The maximum atomic E-state index is 11.4. The van der Waals surface area contributed by atoms with Crippen molar-refractivity contribution in [3.8, 4) is 5.75 Å². The molecule has 1 aromatic rings. The van der Waals surface area contributed by atoms with Gasteiger partial charge in [0.25, 0.3) is 9.05 Å². The number of carbonyl (C=O) groups is 1. The second kappa shape index (κ2) is 7.54. The second-order valence-corrected chi connectivity index (χ2v) is 7.74. The molecule has 1 aromatic carbocycles. The molecule has 0 bridgehead atoms. The zero-order valence-electron chi connectivity index (χ0n) is 11.3. The van der Waals surface area contributed by atoms with Crippen molar-refractivity contribution in [2.45, 2.75) is 31.2 Å². The highest BCUT2D eigenvalue weighted by Gasteiger charge is 2.20. The molecular formula is C12H14Cl3NO4S. The van der Waals surface area contributed by atoms with Crippen LogP contribution in [0.1, 0.15) is 20.3 Å². The Morgan fingerprint density at radius 1 is 1.29 bits per heavy atom. The summed E-state index contributed by atoms with van der Waals surface area (Å²) in [6, 6.07) is 2.58. The number of hydrogen-bond donors (Lipinski definition) is 1. The van der Waals surface area contributed by atoms with Crippen molar-refractivity contribution >= 4 is 48.8 Å². The molecule has 0 aromatic heterocycles. The van der Waals surface area contributed by atoms with Gasteiger partial charge in [-0.25, -0.2) is 8.42 Å². The van der Waals surface area contributed by atoms with E-state index in [0.717, 1.165) is 0 Å². The van der Waals surface area contributed by atoms with E-state index in [9.17, 15) is 13.2 Å². The van der Waals surface area contributed by atoms with Crippen molar-refractivity contribution in [1.29, 1.82) is 0 Å². The summed E-state index contributed by atoms with van der Waals surface area (Å²) in [5.41, 5.74) is 0. The van der Waals surface area contributed by atoms with Crippen LogP contribution in [0, 0.1) is 0 Å². The van der Waals surface area contributed by atoms with Crippen LogP contribution < -0.4 is 10.1 Å². The fraction of sp³-hybridized carbons (Fsp3) is 0.417. The lowest BCUT2D eigenvalue weighted by molar-refractivity contribution is -0.122. The molecule has 0 atom stereocenters. The van der Waals surface area contributed by atoms with Gasteiger partial charge in [-0.3, -0.25) is 4.79 Å². The van der Waals surface area contributed by atoms with Crippen molar-refractivity contribution in [1.82, 2.24) is 5.32 Å². The van der Waals surface area contributed by atoms with Crippen LogP contribution in [0.15, 0.2) is 17.0 Å². The van der Waals surface area contributed by atoms with Crippen LogP contribution in [0.3, 0.4) is 0 Å². The summed E-state index contributed by atoms with van der Waals surface area (Å²) in [7, 11) is 1.23. The smallest absolute Gasteiger partial charge is 0.262 e. The largest absolute Gasteiger partial charge is 0.491 e. The van der Waals surface area contributed by atoms with E-state index in [1.807, 2.05) is 13.8 Å². The van der Waals surface area contributed by atoms with Crippen molar-refractivity contribution in [2.75, 3.05) is 6.61 Å². The number of nitrogens with one attached hydrogen (secondary N) is 1. The third-order valence-corrected chi connectivity index (χ3v) is 4.65. The minimum Gasteiger partial charge on any atom is -0.491 e. The first-order valence-corrected chi connectivity index (χ1v) is 9.04. The van der Waals surface area contributed by atoms with Crippen LogP contribution >= 0.6 is 33.9 Å². The molecule has 0 saturated heterocycles. The number of rotatable bonds is 6. The summed E-state index contributed by atoms with van der Waals surface area (Å²) in [5.74, 6) is 0.0234. The van der Waals surface area contributed by atoms with E-state index in [2.05, 4.69) is 5.32 Å². The fourth-order valence-corrected chi connectivity index (χ4v) is 3.25. The summed E-state index contributed by atoms with van der Waals surface area (Å²) in [5, 5.41) is 2.43. The van der Waals surface area contributed by atoms with Crippen LogP contribution in [-0.4, -0.2) is 27.0 Å². The molecule has 9 heteroatoms. The molecule has 0 spiro atoms. The second-order valence-electron chi connectivity index (χ2n) is 4.45. The molecule has 0 aliphatic heterocycles. The topological polar surface area (TPSA) is 72.5 Å². The molecule has 0 saturated carbocycles. The Hall–Kier alpha value is -0.690. The molecule has 118 valence electrons. The normalized spacial score (nSPS) is 11.5. The molecule has 0 heterocycles. The first-order chi connectivity index (χ1) is 9.62. The zero-order valence-corrected chi connectivity index (χ0v) is 14.4. The molecule has 0 unspecified atom stereocenters. The highest BCUT2D eigenvalue weighted by molar-refractivity contribution is 8.13. The molecule has 1 rings (SSSR count). The Balaban J connectivity index is 2.74. The van der Waals surface area contributed by atoms with Gasteiger partial charge in [0, 0.05) is 16.7 Å². The molecule has 5 nitrogen and oxygen atoms in total. The lowest BCUT2D eigenvalue weighted by atomic mass is 10.3. The summed E-state index contributed by atoms with van der Waals surface area (Å²) < 4.78 is 27.8. The van der Waals surface area contributed by atoms with Gasteiger partial charge in [-0.2, -0.15) is 0 Å². The Morgan fingerprint density at radius 3 is 2.43 bits per heavy atom. The summed E-state index contributed by atoms with van der Waals surface area (Å²) in [6.45, 7) is 3.78. The van der Waals surface area contributed by atoms with Crippen molar-refractivity contribution in [2.24, 2.45) is 0 Å². The van der Waals surface area contributed by atoms with E-state index in [0.29, 0.717) is 0 Å². The van der Waals surface area contributed by atoms with Crippen LogP contribution in [0.2, 0.25) is 10.0 Å². The predicted octanol–water partition coefficient (Wildman–Crippen LogP) is 3.21. The number of carbonyl (C=O) groups excluding carboxylic acids is 1. The van der Waals surface area contributed by atoms with Crippen molar-refractivity contribution in [3.05, 3.63) is 22.2 Å². The zero-order chi connectivity index (χ0) is 16.2. The fourth-order valence-electron chi connectivity index (χ4n) is 1.46. The Bertz CT molecular complexity index is 632. The van der Waals surface area contributed by atoms with Gasteiger partial charge in [0.15, 0.2) is 0 Å². The Morgan fingerprint density at radius 2 is 1.90 bits per heavy atom. The third-order valence-electron chi connectivity index (χ3n) is 2.31. The minimum absolute atomic E-state index is 0.0451. The predicted molar refractivity (Wildman–Crippen MR) is 82.9 cm³/mol. The van der Waals surface area contributed by atoms with Crippen LogP contribution in [0.25, 0.3) is 0 Å². The average molecular weight is 375 g/mol. The highest BCUT2D eigenvalue weighted by Crippen LogP contribution is 2.37. The first-order valence-electron chi connectivity index (χ1n) is 5.97. The van der Waals surface area contributed by atoms with Crippen molar-refractivity contribution in [3.63, 3.8) is 0 Å². The molecule has 21 heavy (non-hydrogen) atoms. The molecule has 1 N–H and O–H groups in total. The van der Waals surface area contributed by atoms with Gasteiger partial charge in [0.05, 0.1) is 18.1 Å². The molecular weight excluding hydrogens is 361 g/mol. The Kier molecular flexibility index (Phi) is 6.59. The summed E-state index contributed by atoms with van der Waals surface area (Å²) in [4.78, 5) is 11.1. The molecule has 0 aliphatic rings. The number of halogens is 3. The van der Waals surface area contributed by atoms with E-state index in [1.165, 1.54) is 12.1 Å². The SMILES string of the molecule is CC(C)NC(=O)CCOc1ccc(S(=O)(=O)Cl)c(Cl)c1Cl. The molecule has 0 fully saturated rings. The average Bonchev–Trinajstić information content (AvgIpc) is 2.32. The highest BCUT2D eigenvalue weighted by atomic mass is 35.7.